The first-order valence-corrected chi connectivity index (χ1v) is 7.22. The second-order valence-electron chi connectivity index (χ2n) is 6.04. The molecule has 0 unspecified atom stereocenters. The van der Waals surface area contributed by atoms with E-state index in [1.54, 1.807) is 0 Å². The summed E-state index contributed by atoms with van der Waals surface area (Å²) in [6.07, 6.45) is -1.84. The van der Waals surface area contributed by atoms with E-state index >= 15 is 0 Å². The van der Waals surface area contributed by atoms with E-state index in [9.17, 15) is 22.4 Å². The number of nitrogens with one attached hydrogen (secondary N) is 1. The van der Waals surface area contributed by atoms with Crippen LogP contribution in [0.4, 0.5) is 23.2 Å². The Kier molecular flexibility index (Phi) is 3.63. The Balaban J connectivity index is 1.75. The maximum atomic E-state index is 13.2. The second-order valence-corrected chi connectivity index (χ2v) is 6.04. The molecule has 2 aliphatic rings. The van der Waals surface area contributed by atoms with Gasteiger partial charge in [-0.25, -0.2) is 4.39 Å². The van der Waals surface area contributed by atoms with Crippen LogP contribution in [0.2, 0.25) is 0 Å². The summed E-state index contributed by atoms with van der Waals surface area (Å²) in [5, 5.41) is 2.44. The summed E-state index contributed by atoms with van der Waals surface area (Å²) in [5.41, 5.74) is 4.54. The normalized spacial score (nSPS) is 30.6. The summed E-state index contributed by atoms with van der Waals surface area (Å²) in [5.74, 6) is -1.55. The molecule has 3 rings (SSSR count). The smallest absolute Gasteiger partial charge is 0.327 e. The number of amides is 1. The molecule has 4 atom stereocenters. The number of halogens is 4. The Labute approximate surface area is 124 Å². The molecular formula is C15H16F4N2O. The van der Waals surface area contributed by atoms with Crippen LogP contribution in [0.25, 0.3) is 0 Å². The minimum Gasteiger partial charge on any atom is -0.327 e. The highest BCUT2D eigenvalue weighted by Crippen LogP contribution is 2.50. The third-order valence-electron chi connectivity index (χ3n) is 4.84. The molecule has 0 saturated heterocycles. The maximum absolute atomic E-state index is 13.2. The van der Waals surface area contributed by atoms with E-state index in [1.807, 2.05) is 0 Å². The quantitative estimate of drug-likeness (QED) is 0.824. The number of alkyl halides is 3. The van der Waals surface area contributed by atoms with E-state index in [-0.39, 0.29) is 29.5 Å². The number of carbonyl (C=O) groups is 1. The van der Waals surface area contributed by atoms with Crippen LogP contribution in [0.5, 0.6) is 0 Å². The lowest BCUT2D eigenvalue weighted by Crippen LogP contribution is -2.58. The van der Waals surface area contributed by atoms with Crippen LogP contribution in [0.1, 0.15) is 24.8 Å². The van der Waals surface area contributed by atoms with Gasteiger partial charge in [-0.05, 0) is 42.9 Å². The van der Waals surface area contributed by atoms with Gasteiger partial charge in [0.2, 0.25) is 5.91 Å². The highest BCUT2D eigenvalue weighted by molar-refractivity contribution is 5.94. The highest BCUT2D eigenvalue weighted by Gasteiger charge is 2.53. The molecule has 0 radical (unpaired) electrons. The van der Waals surface area contributed by atoms with Gasteiger partial charge in [0, 0.05) is 11.7 Å². The number of hydrogen-bond donors (Lipinski definition) is 2. The summed E-state index contributed by atoms with van der Waals surface area (Å²) in [6.45, 7) is 0. The predicted molar refractivity (Wildman–Crippen MR) is 72.3 cm³/mol. The Bertz CT molecular complexity index is 602. The molecule has 0 spiro atoms. The van der Waals surface area contributed by atoms with Crippen molar-refractivity contribution in [3.8, 4) is 0 Å². The summed E-state index contributed by atoms with van der Waals surface area (Å²) in [4.78, 5) is 12.2. The molecule has 0 bridgehead atoms. The molecule has 120 valence electrons. The van der Waals surface area contributed by atoms with Gasteiger partial charge in [-0.3, -0.25) is 4.79 Å². The van der Waals surface area contributed by atoms with Gasteiger partial charge in [-0.2, -0.15) is 13.2 Å². The van der Waals surface area contributed by atoms with Crippen molar-refractivity contribution in [3.63, 3.8) is 0 Å². The molecule has 0 heterocycles. The van der Waals surface area contributed by atoms with Gasteiger partial charge in [-0.15, -0.1) is 0 Å². The number of hydrogen-bond acceptors (Lipinski definition) is 2. The lowest BCUT2D eigenvalue weighted by atomic mass is 9.62. The molecule has 1 aromatic rings. The fourth-order valence-electron chi connectivity index (χ4n) is 3.76. The van der Waals surface area contributed by atoms with E-state index in [1.165, 1.54) is 0 Å². The largest absolute Gasteiger partial charge is 0.419 e. The lowest BCUT2D eigenvalue weighted by Gasteiger charge is -2.45. The monoisotopic (exact) mass is 316 g/mol. The zero-order chi connectivity index (χ0) is 16.1. The lowest BCUT2D eigenvalue weighted by molar-refractivity contribution is -0.140. The van der Waals surface area contributed by atoms with Crippen molar-refractivity contribution < 1.29 is 22.4 Å². The summed E-state index contributed by atoms with van der Waals surface area (Å²) in [6, 6.07) is 2.20. The maximum Gasteiger partial charge on any atom is 0.419 e. The molecule has 2 aliphatic carbocycles. The van der Waals surface area contributed by atoms with Gasteiger partial charge >= 0.3 is 6.18 Å². The van der Waals surface area contributed by atoms with E-state index in [2.05, 4.69) is 5.32 Å². The van der Waals surface area contributed by atoms with Crippen LogP contribution in [0, 0.1) is 23.6 Å². The Morgan fingerprint density at radius 2 is 1.91 bits per heavy atom. The SMILES string of the molecule is N[C@H]1[C@@H]2CCC[C@@H]2[C@H]1C(=O)Nc1ccc(F)c(C(F)(F)F)c1. The number of nitrogens with two attached hydrogens (primary N) is 1. The third-order valence-corrected chi connectivity index (χ3v) is 4.84. The van der Waals surface area contributed by atoms with Gasteiger partial charge in [-0.1, -0.05) is 6.42 Å². The minimum atomic E-state index is -4.80. The standard InChI is InChI=1S/C15H16F4N2O/c16-11-5-4-7(6-10(11)15(17,18)19)21-14(22)12-8-2-1-3-9(8)13(12)20/h4-6,8-9,12-13H,1-3,20H2,(H,21,22)/t8-,9+,12+,13-/m0/s1. The van der Waals surface area contributed by atoms with E-state index in [0.717, 1.165) is 25.3 Å². The summed E-state index contributed by atoms with van der Waals surface area (Å²) >= 11 is 0. The topological polar surface area (TPSA) is 55.1 Å². The van der Waals surface area contributed by atoms with Gasteiger partial charge in [0.15, 0.2) is 0 Å². The number of carbonyl (C=O) groups excluding carboxylic acids is 1. The Morgan fingerprint density at radius 3 is 2.59 bits per heavy atom. The molecule has 0 aromatic heterocycles. The van der Waals surface area contributed by atoms with E-state index in [4.69, 9.17) is 5.73 Å². The summed E-state index contributed by atoms with van der Waals surface area (Å²) in [7, 11) is 0. The van der Waals surface area contributed by atoms with Gasteiger partial charge in [0.1, 0.15) is 5.82 Å². The van der Waals surface area contributed by atoms with Crippen molar-refractivity contribution in [1.82, 2.24) is 0 Å². The molecule has 2 fully saturated rings. The first-order valence-electron chi connectivity index (χ1n) is 7.22. The van der Waals surface area contributed by atoms with Crippen molar-refractivity contribution >= 4 is 11.6 Å². The Hall–Kier alpha value is -1.63. The first kappa shape index (κ1) is 15.3. The molecule has 1 aromatic carbocycles. The molecular weight excluding hydrogens is 300 g/mol. The van der Waals surface area contributed by atoms with E-state index < -0.39 is 17.6 Å². The van der Waals surface area contributed by atoms with Crippen LogP contribution < -0.4 is 11.1 Å². The number of fused-ring (bicyclic) bond motifs is 1. The molecule has 0 aliphatic heterocycles. The first-order chi connectivity index (χ1) is 10.3. The van der Waals surface area contributed by atoms with Crippen LogP contribution in [0.3, 0.4) is 0 Å². The second kappa shape index (κ2) is 5.22. The minimum absolute atomic E-state index is 0.0626. The molecule has 3 nitrogen and oxygen atoms in total. The fourth-order valence-corrected chi connectivity index (χ4v) is 3.76. The average molecular weight is 316 g/mol. The fraction of sp³-hybridized carbons (Fsp3) is 0.533. The summed E-state index contributed by atoms with van der Waals surface area (Å²) < 4.78 is 51.2. The zero-order valence-corrected chi connectivity index (χ0v) is 11.7. The molecule has 7 heteroatoms. The number of anilines is 1. The van der Waals surface area contributed by atoms with Crippen LogP contribution in [-0.4, -0.2) is 11.9 Å². The van der Waals surface area contributed by atoms with Crippen LogP contribution in [-0.2, 0) is 11.0 Å². The van der Waals surface area contributed by atoms with Gasteiger partial charge in [0.05, 0.1) is 11.5 Å². The van der Waals surface area contributed by atoms with Crippen molar-refractivity contribution in [2.75, 3.05) is 5.32 Å². The number of benzene rings is 1. The molecule has 22 heavy (non-hydrogen) atoms. The van der Waals surface area contributed by atoms with Crippen molar-refractivity contribution in [3.05, 3.63) is 29.6 Å². The van der Waals surface area contributed by atoms with Crippen molar-refractivity contribution in [1.29, 1.82) is 0 Å². The van der Waals surface area contributed by atoms with Crippen molar-refractivity contribution in [2.45, 2.75) is 31.5 Å². The van der Waals surface area contributed by atoms with Gasteiger partial charge < -0.3 is 11.1 Å². The predicted octanol–water partition coefficient (Wildman–Crippen LogP) is 3.16. The zero-order valence-electron chi connectivity index (χ0n) is 11.7. The molecule has 1 amide bonds. The Morgan fingerprint density at radius 1 is 1.23 bits per heavy atom. The third kappa shape index (κ3) is 2.47. The van der Waals surface area contributed by atoms with Crippen molar-refractivity contribution in [2.24, 2.45) is 23.5 Å². The van der Waals surface area contributed by atoms with E-state index in [0.29, 0.717) is 18.1 Å². The van der Waals surface area contributed by atoms with Crippen LogP contribution >= 0.6 is 0 Å². The highest BCUT2D eigenvalue weighted by atomic mass is 19.4. The number of rotatable bonds is 2. The average Bonchev–Trinajstić information content (AvgIpc) is 2.83. The van der Waals surface area contributed by atoms with Crippen LogP contribution in [0.15, 0.2) is 18.2 Å². The van der Waals surface area contributed by atoms with Gasteiger partial charge in [0.25, 0.3) is 0 Å². The molecule has 3 N–H and O–H groups in total. The molecule has 2 saturated carbocycles.